The summed E-state index contributed by atoms with van der Waals surface area (Å²) in [4.78, 5) is 24.7. The minimum Gasteiger partial charge on any atom is -0.497 e. The third-order valence-electron chi connectivity index (χ3n) is 4.65. The van der Waals surface area contributed by atoms with Gasteiger partial charge in [-0.25, -0.2) is 0 Å². The van der Waals surface area contributed by atoms with Crippen molar-refractivity contribution in [2.24, 2.45) is 0 Å². The monoisotopic (exact) mass is 495 g/mol. The highest BCUT2D eigenvalue weighted by atomic mass is 32.2. The Morgan fingerprint density at radius 2 is 1.47 bits per heavy atom. The maximum absolute atomic E-state index is 12.4. The van der Waals surface area contributed by atoms with Crippen molar-refractivity contribution in [3.05, 3.63) is 72.3 Å². The maximum atomic E-state index is 12.4. The Morgan fingerprint density at radius 3 is 2.09 bits per heavy atom. The van der Waals surface area contributed by atoms with Crippen LogP contribution in [0.5, 0.6) is 11.5 Å². The lowest BCUT2D eigenvalue weighted by molar-refractivity contribution is -0.113. The number of ether oxygens (including phenoxy) is 2. The van der Waals surface area contributed by atoms with Crippen LogP contribution in [-0.4, -0.2) is 36.8 Å². The Hall–Kier alpha value is -3.56. The number of Topliss-reactive ketones (excluding diaryl/α,β-unsaturated/α-hetero) is 1. The lowest BCUT2D eigenvalue weighted by Crippen LogP contribution is -2.19. The SMILES string of the molecule is COc1cc(NC(=O)CSc2cccc(NC(=S)Nc3ccc(C(C)=O)cc3)c2)cc(OC)c1. The second kappa shape index (κ2) is 12.1. The molecule has 176 valence electrons. The number of hydrogen-bond acceptors (Lipinski definition) is 6. The summed E-state index contributed by atoms with van der Waals surface area (Å²) in [6.07, 6.45) is 0. The summed E-state index contributed by atoms with van der Waals surface area (Å²) < 4.78 is 10.5. The van der Waals surface area contributed by atoms with Crippen molar-refractivity contribution in [3.63, 3.8) is 0 Å². The Bertz CT molecular complexity index is 1160. The number of nitrogens with one attached hydrogen (secondary N) is 3. The first-order chi connectivity index (χ1) is 16.4. The molecule has 0 heterocycles. The zero-order chi connectivity index (χ0) is 24.5. The van der Waals surface area contributed by atoms with Crippen LogP contribution in [0.15, 0.2) is 71.6 Å². The van der Waals surface area contributed by atoms with Crippen LogP contribution in [0, 0.1) is 0 Å². The molecule has 3 aromatic carbocycles. The molecule has 3 N–H and O–H groups in total. The van der Waals surface area contributed by atoms with Gasteiger partial charge in [0.15, 0.2) is 10.9 Å². The highest BCUT2D eigenvalue weighted by Gasteiger charge is 2.08. The van der Waals surface area contributed by atoms with Gasteiger partial charge in [-0.15, -0.1) is 11.8 Å². The second-order valence-corrected chi connectivity index (χ2v) is 8.64. The first kappa shape index (κ1) is 25.1. The van der Waals surface area contributed by atoms with Gasteiger partial charge >= 0.3 is 0 Å². The molecule has 0 saturated heterocycles. The molecule has 3 aromatic rings. The predicted molar refractivity (Wildman–Crippen MR) is 142 cm³/mol. The zero-order valence-corrected chi connectivity index (χ0v) is 20.6. The van der Waals surface area contributed by atoms with E-state index in [4.69, 9.17) is 21.7 Å². The highest BCUT2D eigenvalue weighted by Crippen LogP contribution is 2.27. The van der Waals surface area contributed by atoms with Crippen LogP contribution in [-0.2, 0) is 4.79 Å². The topological polar surface area (TPSA) is 88.7 Å². The molecular formula is C25H25N3O4S2. The lowest BCUT2D eigenvalue weighted by Gasteiger charge is -2.12. The smallest absolute Gasteiger partial charge is 0.234 e. The summed E-state index contributed by atoms with van der Waals surface area (Å²) in [5.74, 6) is 1.29. The van der Waals surface area contributed by atoms with Gasteiger partial charge in [-0.2, -0.15) is 0 Å². The first-order valence-corrected chi connectivity index (χ1v) is 11.7. The fourth-order valence-corrected chi connectivity index (χ4v) is 3.96. The molecule has 0 atom stereocenters. The van der Waals surface area contributed by atoms with Crippen LogP contribution in [0.3, 0.4) is 0 Å². The van der Waals surface area contributed by atoms with Gasteiger partial charge in [0.05, 0.1) is 20.0 Å². The summed E-state index contributed by atoms with van der Waals surface area (Å²) >= 11 is 6.79. The number of hydrogen-bond donors (Lipinski definition) is 3. The molecule has 0 unspecified atom stereocenters. The van der Waals surface area contributed by atoms with Crippen molar-refractivity contribution < 1.29 is 19.1 Å². The van der Waals surface area contributed by atoms with Gasteiger partial charge < -0.3 is 25.4 Å². The number of anilines is 3. The van der Waals surface area contributed by atoms with Crippen molar-refractivity contribution in [1.82, 2.24) is 0 Å². The number of thiocarbonyl (C=S) groups is 1. The first-order valence-electron chi connectivity index (χ1n) is 10.3. The van der Waals surface area contributed by atoms with Crippen LogP contribution in [0.1, 0.15) is 17.3 Å². The van der Waals surface area contributed by atoms with Crippen molar-refractivity contribution in [1.29, 1.82) is 0 Å². The molecule has 3 rings (SSSR count). The fourth-order valence-electron chi connectivity index (χ4n) is 2.97. The summed E-state index contributed by atoms with van der Waals surface area (Å²) in [6.45, 7) is 1.53. The minimum absolute atomic E-state index is 0.0125. The van der Waals surface area contributed by atoms with Gasteiger partial charge in [0.2, 0.25) is 5.91 Å². The highest BCUT2D eigenvalue weighted by molar-refractivity contribution is 8.00. The van der Waals surface area contributed by atoms with E-state index < -0.39 is 0 Å². The Morgan fingerprint density at radius 1 is 0.824 bits per heavy atom. The quantitative estimate of drug-likeness (QED) is 0.205. The lowest BCUT2D eigenvalue weighted by atomic mass is 10.1. The molecule has 34 heavy (non-hydrogen) atoms. The van der Waals surface area contributed by atoms with Gasteiger partial charge in [0.25, 0.3) is 0 Å². The molecule has 7 nitrogen and oxygen atoms in total. The molecule has 0 aliphatic heterocycles. The molecule has 9 heteroatoms. The normalized spacial score (nSPS) is 10.2. The van der Waals surface area contributed by atoms with E-state index in [0.717, 1.165) is 16.3 Å². The summed E-state index contributed by atoms with van der Waals surface area (Å²) in [6, 6.07) is 19.9. The Labute approximate surface area is 208 Å². The molecule has 1 amide bonds. The van der Waals surface area contributed by atoms with Gasteiger partial charge in [-0.1, -0.05) is 6.07 Å². The minimum atomic E-state index is -0.148. The van der Waals surface area contributed by atoms with Crippen LogP contribution in [0.25, 0.3) is 0 Å². The molecule has 0 radical (unpaired) electrons. The number of carbonyl (C=O) groups excluding carboxylic acids is 2. The van der Waals surface area contributed by atoms with E-state index in [-0.39, 0.29) is 17.4 Å². The van der Waals surface area contributed by atoms with Crippen LogP contribution in [0.4, 0.5) is 17.1 Å². The van der Waals surface area contributed by atoms with Crippen molar-refractivity contribution in [3.8, 4) is 11.5 Å². The van der Waals surface area contributed by atoms with Crippen molar-refractivity contribution in [2.45, 2.75) is 11.8 Å². The van der Waals surface area contributed by atoms with E-state index in [2.05, 4.69) is 16.0 Å². The van der Waals surface area contributed by atoms with Gasteiger partial charge in [-0.05, 0) is 61.6 Å². The average Bonchev–Trinajstić information content (AvgIpc) is 2.83. The van der Waals surface area contributed by atoms with Crippen molar-refractivity contribution >= 4 is 57.8 Å². The van der Waals surface area contributed by atoms with Crippen LogP contribution < -0.4 is 25.4 Å². The van der Waals surface area contributed by atoms with Crippen LogP contribution in [0.2, 0.25) is 0 Å². The van der Waals surface area contributed by atoms with E-state index in [0.29, 0.717) is 27.9 Å². The summed E-state index contributed by atoms with van der Waals surface area (Å²) in [7, 11) is 3.12. The molecule has 0 saturated carbocycles. The second-order valence-electron chi connectivity index (χ2n) is 7.18. The fraction of sp³-hybridized carbons (Fsp3) is 0.160. The molecular weight excluding hydrogens is 470 g/mol. The molecule has 0 aliphatic carbocycles. The number of benzene rings is 3. The largest absolute Gasteiger partial charge is 0.497 e. The van der Waals surface area contributed by atoms with E-state index >= 15 is 0 Å². The third kappa shape index (κ3) is 7.50. The molecule has 0 fully saturated rings. The van der Waals surface area contributed by atoms with Gasteiger partial charge in [0.1, 0.15) is 11.5 Å². The van der Waals surface area contributed by atoms with Crippen LogP contribution >= 0.6 is 24.0 Å². The average molecular weight is 496 g/mol. The van der Waals surface area contributed by atoms with Crippen molar-refractivity contribution in [2.75, 3.05) is 35.9 Å². The number of ketones is 1. The van der Waals surface area contributed by atoms with Gasteiger partial charge in [-0.3, -0.25) is 9.59 Å². The molecule has 0 aromatic heterocycles. The Kier molecular flexibility index (Phi) is 8.89. The van der Waals surface area contributed by atoms with E-state index in [1.807, 2.05) is 24.3 Å². The molecule has 0 bridgehead atoms. The zero-order valence-electron chi connectivity index (χ0n) is 19.0. The number of amides is 1. The van der Waals surface area contributed by atoms with E-state index in [1.165, 1.54) is 18.7 Å². The Balaban J connectivity index is 1.53. The summed E-state index contributed by atoms with van der Waals surface area (Å²) in [5, 5.41) is 9.50. The number of carbonyl (C=O) groups is 2. The van der Waals surface area contributed by atoms with E-state index in [9.17, 15) is 9.59 Å². The molecule has 0 spiro atoms. The molecule has 0 aliphatic rings. The third-order valence-corrected chi connectivity index (χ3v) is 5.84. The number of thioether (sulfide) groups is 1. The number of methoxy groups -OCH3 is 2. The van der Waals surface area contributed by atoms with E-state index in [1.54, 1.807) is 56.7 Å². The predicted octanol–water partition coefficient (Wildman–Crippen LogP) is 5.45. The maximum Gasteiger partial charge on any atom is 0.234 e. The van der Waals surface area contributed by atoms with Gasteiger partial charge in [0, 0.05) is 45.7 Å². The standard InChI is InChI=1S/C25H25N3O4S2/c1-16(29)17-7-9-18(10-8-17)27-25(33)28-19-5-4-6-23(13-19)34-15-24(30)26-20-11-21(31-2)14-22(12-20)32-3/h4-14H,15H2,1-3H3,(H,26,30)(H2,27,28,33). The number of rotatable bonds is 9. The summed E-state index contributed by atoms with van der Waals surface area (Å²) in [5.41, 5.74) is 2.81.